The van der Waals surface area contributed by atoms with Gasteiger partial charge in [0, 0.05) is 11.8 Å². The molecule has 2 saturated carbocycles. The molecule has 0 aromatic heterocycles. The van der Waals surface area contributed by atoms with Crippen molar-refractivity contribution < 1.29 is 14.3 Å². The largest absolute Gasteiger partial charge is 0.469 e. The van der Waals surface area contributed by atoms with Gasteiger partial charge in [-0.1, -0.05) is 20.8 Å². The zero-order valence-corrected chi connectivity index (χ0v) is 9.79. The van der Waals surface area contributed by atoms with E-state index in [4.69, 9.17) is 4.74 Å². The molecule has 0 amide bonds. The maximum atomic E-state index is 11.9. The molecule has 2 rings (SSSR count). The standard InChI is InChI=1S/C12H18O3/c1-11(2)8-5-9(13)12(11,3)6-7(8)10(14)15-4/h7-8H,5-6H2,1-4H3. The van der Waals surface area contributed by atoms with Gasteiger partial charge in [-0.15, -0.1) is 0 Å². The minimum absolute atomic E-state index is 0.0665. The van der Waals surface area contributed by atoms with Crippen molar-refractivity contribution in [1.29, 1.82) is 0 Å². The van der Waals surface area contributed by atoms with Crippen LogP contribution in [0.3, 0.4) is 0 Å². The Kier molecular flexibility index (Phi) is 2.01. The molecule has 0 aromatic rings. The predicted octanol–water partition coefficient (Wildman–Crippen LogP) is 1.80. The zero-order chi connectivity index (χ0) is 11.4. The first-order chi connectivity index (χ1) is 6.84. The van der Waals surface area contributed by atoms with Gasteiger partial charge >= 0.3 is 5.97 Å². The molecule has 0 aliphatic heterocycles. The molecule has 2 bridgehead atoms. The van der Waals surface area contributed by atoms with E-state index in [1.54, 1.807) is 0 Å². The van der Waals surface area contributed by atoms with E-state index in [1.165, 1.54) is 7.11 Å². The normalized spacial score (nSPS) is 42.0. The minimum atomic E-state index is -0.323. The fraction of sp³-hybridized carbons (Fsp3) is 0.833. The molecule has 0 radical (unpaired) electrons. The van der Waals surface area contributed by atoms with Gasteiger partial charge in [0.2, 0.25) is 0 Å². The van der Waals surface area contributed by atoms with Gasteiger partial charge in [-0.05, 0) is 17.8 Å². The van der Waals surface area contributed by atoms with E-state index in [0.29, 0.717) is 18.6 Å². The third kappa shape index (κ3) is 1.06. The summed E-state index contributed by atoms with van der Waals surface area (Å²) in [6.45, 7) is 6.20. The molecule has 0 aromatic carbocycles. The number of rotatable bonds is 1. The summed E-state index contributed by atoms with van der Waals surface area (Å²) in [7, 11) is 1.42. The third-order valence-corrected chi connectivity index (χ3v) is 4.99. The summed E-state index contributed by atoms with van der Waals surface area (Å²) >= 11 is 0. The Hall–Kier alpha value is -0.860. The van der Waals surface area contributed by atoms with Crippen LogP contribution in [0, 0.1) is 22.7 Å². The Morgan fingerprint density at radius 3 is 2.33 bits per heavy atom. The molecule has 3 nitrogen and oxygen atoms in total. The van der Waals surface area contributed by atoms with Crippen LogP contribution in [0.25, 0.3) is 0 Å². The molecule has 0 spiro atoms. The molecule has 2 aliphatic carbocycles. The van der Waals surface area contributed by atoms with E-state index < -0.39 is 0 Å². The topological polar surface area (TPSA) is 43.4 Å². The Bertz CT molecular complexity index is 332. The summed E-state index contributed by atoms with van der Waals surface area (Å²) in [5.41, 5.74) is -0.389. The predicted molar refractivity (Wildman–Crippen MR) is 55.1 cm³/mol. The van der Waals surface area contributed by atoms with E-state index in [2.05, 4.69) is 13.8 Å². The van der Waals surface area contributed by atoms with Crippen LogP contribution in [-0.4, -0.2) is 18.9 Å². The third-order valence-electron chi connectivity index (χ3n) is 4.99. The highest BCUT2D eigenvalue weighted by atomic mass is 16.5. The number of methoxy groups -OCH3 is 1. The number of carbonyl (C=O) groups excluding carboxylic acids is 2. The molecule has 84 valence electrons. The monoisotopic (exact) mass is 210 g/mol. The van der Waals surface area contributed by atoms with Gasteiger partial charge in [0.05, 0.1) is 13.0 Å². The molecule has 15 heavy (non-hydrogen) atoms. The molecule has 2 fully saturated rings. The van der Waals surface area contributed by atoms with E-state index >= 15 is 0 Å². The van der Waals surface area contributed by atoms with Crippen molar-refractivity contribution in [3.8, 4) is 0 Å². The summed E-state index contributed by atoms with van der Waals surface area (Å²) in [5.74, 6) is 0.261. The van der Waals surface area contributed by atoms with Gasteiger partial charge in [0.1, 0.15) is 5.78 Å². The minimum Gasteiger partial charge on any atom is -0.469 e. The van der Waals surface area contributed by atoms with Crippen LogP contribution in [0.2, 0.25) is 0 Å². The summed E-state index contributed by atoms with van der Waals surface area (Å²) in [6.07, 6.45) is 1.21. The van der Waals surface area contributed by atoms with Crippen molar-refractivity contribution in [3.63, 3.8) is 0 Å². The first kappa shape index (κ1) is 10.7. The van der Waals surface area contributed by atoms with Crippen molar-refractivity contribution in [2.45, 2.75) is 33.6 Å². The first-order valence-electron chi connectivity index (χ1n) is 5.45. The lowest BCUT2D eigenvalue weighted by Crippen LogP contribution is -2.32. The molecule has 0 N–H and O–H groups in total. The molecular weight excluding hydrogens is 192 g/mol. The lowest BCUT2D eigenvalue weighted by Gasteiger charge is -2.32. The summed E-state index contributed by atoms with van der Waals surface area (Å²) in [5, 5.41) is 0. The average Bonchev–Trinajstić information content (AvgIpc) is 2.47. The maximum absolute atomic E-state index is 11.9. The number of carbonyl (C=O) groups is 2. The van der Waals surface area contributed by atoms with Crippen LogP contribution in [0.1, 0.15) is 33.6 Å². The molecule has 3 unspecified atom stereocenters. The van der Waals surface area contributed by atoms with Gasteiger partial charge in [0.15, 0.2) is 0 Å². The Morgan fingerprint density at radius 1 is 1.40 bits per heavy atom. The van der Waals surface area contributed by atoms with Crippen LogP contribution < -0.4 is 0 Å². The molecular formula is C12H18O3. The van der Waals surface area contributed by atoms with Gasteiger partial charge in [-0.3, -0.25) is 9.59 Å². The fourth-order valence-corrected chi connectivity index (χ4v) is 3.45. The maximum Gasteiger partial charge on any atom is 0.309 e. The van der Waals surface area contributed by atoms with Crippen LogP contribution >= 0.6 is 0 Å². The number of hydrogen-bond donors (Lipinski definition) is 0. The second-order valence-corrected chi connectivity index (χ2v) is 5.62. The summed E-state index contributed by atoms with van der Waals surface area (Å²) in [4.78, 5) is 23.5. The Balaban J connectivity index is 2.36. The Morgan fingerprint density at radius 2 is 2.00 bits per heavy atom. The number of hydrogen-bond acceptors (Lipinski definition) is 3. The quantitative estimate of drug-likeness (QED) is 0.620. The molecule has 2 aliphatic rings. The van der Waals surface area contributed by atoms with Gasteiger partial charge < -0.3 is 4.74 Å². The molecule has 0 saturated heterocycles. The average molecular weight is 210 g/mol. The summed E-state index contributed by atoms with van der Waals surface area (Å²) < 4.78 is 4.81. The summed E-state index contributed by atoms with van der Waals surface area (Å²) in [6, 6.07) is 0. The molecule has 3 atom stereocenters. The van der Waals surface area contributed by atoms with Crippen LogP contribution in [0.5, 0.6) is 0 Å². The smallest absolute Gasteiger partial charge is 0.309 e. The SMILES string of the molecule is COC(=O)C1CC2(C)C(=O)CC1C2(C)C. The number of fused-ring (bicyclic) bond motifs is 2. The van der Waals surface area contributed by atoms with E-state index in [1.807, 2.05) is 6.92 Å². The number of ketones is 1. The fourth-order valence-electron chi connectivity index (χ4n) is 3.45. The van der Waals surface area contributed by atoms with Crippen molar-refractivity contribution >= 4 is 11.8 Å². The van der Waals surface area contributed by atoms with Crippen LogP contribution in [0.4, 0.5) is 0 Å². The van der Waals surface area contributed by atoms with Crippen molar-refractivity contribution in [1.82, 2.24) is 0 Å². The second kappa shape index (κ2) is 2.83. The highest BCUT2D eigenvalue weighted by Crippen LogP contribution is 2.65. The first-order valence-corrected chi connectivity index (χ1v) is 5.45. The molecule has 0 heterocycles. The lowest BCUT2D eigenvalue weighted by atomic mass is 9.70. The second-order valence-electron chi connectivity index (χ2n) is 5.62. The van der Waals surface area contributed by atoms with Crippen LogP contribution in [-0.2, 0) is 14.3 Å². The van der Waals surface area contributed by atoms with E-state index in [9.17, 15) is 9.59 Å². The zero-order valence-electron chi connectivity index (χ0n) is 9.79. The van der Waals surface area contributed by atoms with Gasteiger partial charge in [-0.2, -0.15) is 0 Å². The molecule has 3 heteroatoms. The van der Waals surface area contributed by atoms with Gasteiger partial charge in [-0.25, -0.2) is 0 Å². The number of esters is 1. The number of ether oxygens (including phenoxy) is 1. The van der Waals surface area contributed by atoms with Gasteiger partial charge in [0.25, 0.3) is 0 Å². The number of Topliss-reactive ketones (excluding diaryl/α,β-unsaturated/α-hetero) is 1. The van der Waals surface area contributed by atoms with Crippen molar-refractivity contribution in [2.24, 2.45) is 22.7 Å². The van der Waals surface area contributed by atoms with Crippen molar-refractivity contribution in [2.75, 3.05) is 7.11 Å². The van der Waals surface area contributed by atoms with E-state index in [-0.39, 0.29) is 28.6 Å². The Labute approximate surface area is 90.2 Å². The van der Waals surface area contributed by atoms with Crippen LogP contribution in [0.15, 0.2) is 0 Å². The highest BCUT2D eigenvalue weighted by Gasteiger charge is 2.67. The van der Waals surface area contributed by atoms with Crippen molar-refractivity contribution in [3.05, 3.63) is 0 Å². The lowest BCUT2D eigenvalue weighted by molar-refractivity contribution is -0.148. The highest BCUT2D eigenvalue weighted by molar-refractivity contribution is 5.92. The van der Waals surface area contributed by atoms with E-state index in [0.717, 1.165) is 0 Å².